The second kappa shape index (κ2) is 7.95. The third-order valence-corrected chi connectivity index (χ3v) is 4.36. The summed E-state index contributed by atoms with van der Waals surface area (Å²) >= 11 is 0. The molecule has 0 radical (unpaired) electrons. The van der Waals surface area contributed by atoms with Gasteiger partial charge in [-0.1, -0.05) is 24.3 Å². The van der Waals surface area contributed by atoms with Gasteiger partial charge in [-0.25, -0.2) is 4.79 Å². The second-order valence-electron chi connectivity index (χ2n) is 6.45. The van der Waals surface area contributed by atoms with Gasteiger partial charge in [0.15, 0.2) is 0 Å². The number of aromatic hydroxyl groups is 1. The summed E-state index contributed by atoms with van der Waals surface area (Å²) in [4.78, 5) is 24.6. The van der Waals surface area contributed by atoms with E-state index in [0.717, 1.165) is 27.7 Å². The van der Waals surface area contributed by atoms with E-state index in [-0.39, 0.29) is 24.5 Å². The number of carbonyl (C=O) groups is 2. The highest BCUT2D eigenvalue weighted by atomic mass is 16.5. The monoisotopic (exact) mass is 367 g/mol. The molecule has 140 valence electrons. The molecule has 0 aliphatic heterocycles. The number of benzene rings is 2. The van der Waals surface area contributed by atoms with Crippen LogP contribution in [0.3, 0.4) is 0 Å². The molecular formula is C21H21NO5. The molecule has 6 heteroatoms. The molecule has 0 spiro atoms. The number of hydrogen-bond acceptors (Lipinski definition) is 5. The average Bonchev–Trinajstić information content (AvgIpc) is 3.04. The van der Waals surface area contributed by atoms with Crippen molar-refractivity contribution in [1.29, 1.82) is 0 Å². The van der Waals surface area contributed by atoms with Crippen LogP contribution in [0.4, 0.5) is 0 Å². The normalized spacial score (nSPS) is 11.9. The molecule has 0 saturated heterocycles. The minimum atomic E-state index is -0.813. The van der Waals surface area contributed by atoms with Gasteiger partial charge in [-0.05, 0) is 36.2 Å². The van der Waals surface area contributed by atoms with E-state index in [1.54, 1.807) is 18.4 Å². The Labute approximate surface area is 156 Å². The molecule has 1 atom stereocenters. The molecule has 0 bridgehead atoms. The van der Waals surface area contributed by atoms with E-state index < -0.39 is 12.0 Å². The summed E-state index contributed by atoms with van der Waals surface area (Å²) in [6, 6.07) is 11.4. The van der Waals surface area contributed by atoms with Crippen molar-refractivity contribution in [2.24, 2.45) is 0 Å². The summed E-state index contributed by atoms with van der Waals surface area (Å²) in [6.45, 7) is 1.97. The van der Waals surface area contributed by atoms with Gasteiger partial charge in [-0.15, -0.1) is 0 Å². The lowest BCUT2D eigenvalue weighted by Gasteiger charge is -2.16. The maximum absolute atomic E-state index is 12.5. The molecular weight excluding hydrogens is 346 g/mol. The molecule has 3 rings (SSSR count). The number of phenolic OH excluding ortho intramolecular Hbond substituents is 1. The van der Waals surface area contributed by atoms with Gasteiger partial charge in [-0.3, -0.25) is 4.79 Å². The lowest BCUT2D eigenvalue weighted by Crippen LogP contribution is -2.43. The molecule has 2 aromatic carbocycles. The number of ether oxygens (including phenoxy) is 1. The summed E-state index contributed by atoms with van der Waals surface area (Å²) in [5.74, 6) is -0.684. The number of amides is 1. The molecule has 0 aliphatic rings. The number of rotatable bonds is 6. The van der Waals surface area contributed by atoms with Crippen LogP contribution in [-0.2, 0) is 27.2 Å². The van der Waals surface area contributed by atoms with Crippen LogP contribution >= 0.6 is 0 Å². The molecule has 0 fully saturated rings. The van der Waals surface area contributed by atoms with E-state index in [0.29, 0.717) is 0 Å². The molecule has 0 unspecified atom stereocenters. The summed E-state index contributed by atoms with van der Waals surface area (Å²) in [6.07, 6.45) is 1.93. The first-order chi connectivity index (χ1) is 13.0. The predicted octanol–water partition coefficient (Wildman–Crippen LogP) is 2.89. The molecule has 2 N–H and O–H groups in total. The number of methoxy groups -OCH3 is 1. The smallest absolute Gasteiger partial charge is 0.328 e. The number of esters is 1. The maximum Gasteiger partial charge on any atom is 0.328 e. The van der Waals surface area contributed by atoms with Gasteiger partial charge in [-0.2, -0.15) is 0 Å². The largest absolute Gasteiger partial charge is 0.508 e. The molecule has 0 saturated carbocycles. The van der Waals surface area contributed by atoms with E-state index in [9.17, 15) is 14.7 Å². The van der Waals surface area contributed by atoms with E-state index in [1.165, 1.54) is 19.2 Å². The van der Waals surface area contributed by atoms with Gasteiger partial charge in [0.2, 0.25) is 5.91 Å². The standard InChI is InChI=1S/C21H21NO5/c1-13-3-8-17-15(12-27-19(17)9-13)11-20(24)22-18(21(25)26-2)10-14-4-6-16(23)7-5-14/h3-9,12,18,23H,10-11H2,1-2H3,(H,22,24)/t18-/m0/s1. The molecule has 1 heterocycles. The zero-order valence-electron chi connectivity index (χ0n) is 15.2. The van der Waals surface area contributed by atoms with Crippen LogP contribution in [0.2, 0.25) is 0 Å². The highest BCUT2D eigenvalue weighted by molar-refractivity contribution is 5.90. The topological polar surface area (TPSA) is 88.8 Å². The Morgan fingerprint density at radius 1 is 1.19 bits per heavy atom. The SMILES string of the molecule is COC(=O)[C@H](Cc1ccc(O)cc1)NC(=O)Cc1coc2cc(C)ccc12. The van der Waals surface area contributed by atoms with Gasteiger partial charge in [0.25, 0.3) is 0 Å². The minimum absolute atomic E-state index is 0.0964. The summed E-state index contributed by atoms with van der Waals surface area (Å²) in [5.41, 5.74) is 3.36. The number of phenols is 1. The van der Waals surface area contributed by atoms with Crippen LogP contribution in [0.5, 0.6) is 5.75 Å². The van der Waals surface area contributed by atoms with Crippen molar-refractivity contribution in [2.75, 3.05) is 7.11 Å². The van der Waals surface area contributed by atoms with E-state index in [2.05, 4.69) is 5.32 Å². The Morgan fingerprint density at radius 3 is 2.63 bits per heavy atom. The van der Waals surface area contributed by atoms with E-state index >= 15 is 0 Å². The number of aryl methyl sites for hydroxylation is 1. The van der Waals surface area contributed by atoms with Crippen molar-refractivity contribution in [1.82, 2.24) is 5.32 Å². The number of carbonyl (C=O) groups excluding carboxylic acids is 2. The van der Waals surface area contributed by atoms with Crippen molar-refractivity contribution >= 4 is 22.8 Å². The fourth-order valence-corrected chi connectivity index (χ4v) is 2.95. The van der Waals surface area contributed by atoms with Crippen molar-refractivity contribution in [3.8, 4) is 5.75 Å². The Morgan fingerprint density at radius 2 is 1.93 bits per heavy atom. The molecule has 3 aromatic rings. The molecule has 1 amide bonds. The van der Waals surface area contributed by atoms with Gasteiger partial charge in [0.1, 0.15) is 17.4 Å². The van der Waals surface area contributed by atoms with Gasteiger partial charge in [0.05, 0.1) is 19.8 Å². The van der Waals surface area contributed by atoms with Crippen molar-refractivity contribution in [2.45, 2.75) is 25.8 Å². The van der Waals surface area contributed by atoms with Crippen LogP contribution in [0, 0.1) is 6.92 Å². The highest BCUT2D eigenvalue weighted by Crippen LogP contribution is 2.22. The zero-order valence-corrected chi connectivity index (χ0v) is 15.2. The van der Waals surface area contributed by atoms with Crippen LogP contribution in [0.1, 0.15) is 16.7 Å². The summed E-state index contributed by atoms with van der Waals surface area (Å²) < 4.78 is 10.3. The van der Waals surface area contributed by atoms with Gasteiger partial charge in [0, 0.05) is 17.4 Å². The third-order valence-electron chi connectivity index (χ3n) is 4.36. The van der Waals surface area contributed by atoms with Crippen LogP contribution in [0.15, 0.2) is 53.1 Å². The number of hydrogen-bond donors (Lipinski definition) is 2. The first-order valence-electron chi connectivity index (χ1n) is 8.58. The highest BCUT2D eigenvalue weighted by Gasteiger charge is 2.22. The first-order valence-corrected chi connectivity index (χ1v) is 8.58. The van der Waals surface area contributed by atoms with Crippen molar-refractivity contribution in [3.05, 3.63) is 65.4 Å². The maximum atomic E-state index is 12.5. The third kappa shape index (κ3) is 4.47. The van der Waals surface area contributed by atoms with Crippen LogP contribution in [0.25, 0.3) is 11.0 Å². The van der Waals surface area contributed by atoms with E-state index in [4.69, 9.17) is 9.15 Å². The number of furan rings is 1. The molecule has 6 nitrogen and oxygen atoms in total. The molecule has 27 heavy (non-hydrogen) atoms. The van der Waals surface area contributed by atoms with E-state index in [1.807, 2.05) is 25.1 Å². The Hall–Kier alpha value is -3.28. The van der Waals surface area contributed by atoms with Crippen LogP contribution in [-0.4, -0.2) is 30.1 Å². The lowest BCUT2D eigenvalue weighted by atomic mass is 10.0. The molecule has 1 aromatic heterocycles. The van der Waals surface area contributed by atoms with Crippen LogP contribution < -0.4 is 5.32 Å². The van der Waals surface area contributed by atoms with Gasteiger partial charge < -0.3 is 19.6 Å². The predicted molar refractivity (Wildman–Crippen MR) is 100 cm³/mol. The Balaban J connectivity index is 1.71. The number of fused-ring (bicyclic) bond motifs is 1. The lowest BCUT2D eigenvalue weighted by molar-refractivity contribution is -0.145. The quantitative estimate of drug-likeness (QED) is 0.654. The zero-order chi connectivity index (χ0) is 19.4. The Kier molecular flexibility index (Phi) is 5.45. The minimum Gasteiger partial charge on any atom is -0.508 e. The van der Waals surface area contributed by atoms with Crippen molar-refractivity contribution in [3.63, 3.8) is 0 Å². The fourth-order valence-electron chi connectivity index (χ4n) is 2.95. The molecule has 0 aliphatic carbocycles. The number of nitrogens with one attached hydrogen (secondary N) is 1. The second-order valence-corrected chi connectivity index (χ2v) is 6.45. The average molecular weight is 367 g/mol. The Bertz CT molecular complexity index is 958. The summed E-state index contributed by atoms with van der Waals surface area (Å²) in [7, 11) is 1.28. The first kappa shape index (κ1) is 18.5. The van der Waals surface area contributed by atoms with Gasteiger partial charge >= 0.3 is 5.97 Å². The summed E-state index contributed by atoms with van der Waals surface area (Å²) in [5, 5.41) is 13.0. The fraction of sp³-hybridized carbons (Fsp3) is 0.238. The van der Waals surface area contributed by atoms with Crippen molar-refractivity contribution < 1.29 is 23.8 Å².